The Morgan fingerprint density at radius 2 is 2.11 bits per heavy atom. The van der Waals surface area contributed by atoms with Crippen molar-refractivity contribution in [3.63, 3.8) is 0 Å². The first-order valence-corrected chi connectivity index (χ1v) is 11.7. The number of dihydropyridines is 1. The van der Waals surface area contributed by atoms with Gasteiger partial charge in [0.2, 0.25) is 0 Å². The van der Waals surface area contributed by atoms with Crippen molar-refractivity contribution in [1.29, 1.82) is 0 Å². The normalized spacial score (nSPS) is 27.1. The first-order valence-electron chi connectivity index (χ1n) is 9.66. The van der Waals surface area contributed by atoms with Crippen LogP contribution in [0.4, 0.5) is 0 Å². The molecule has 1 aliphatic carbocycles. The van der Waals surface area contributed by atoms with E-state index in [0.717, 1.165) is 24.3 Å². The van der Waals surface area contributed by atoms with E-state index in [4.69, 9.17) is 15.5 Å². The molecule has 8 heteroatoms. The first-order chi connectivity index (χ1) is 13.1. The number of nitrogens with two attached hydrogens (primary N) is 1. The van der Waals surface area contributed by atoms with Crippen LogP contribution >= 0.6 is 0 Å². The molecule has 1 spiro atoms. The lowest BCUT2D eigenvalue weighted by Crippen LogP contribution is -2.59. The average Bonchev–Trinajstić information content (AvgIpc) is 2.88. The zero-order valence-corrected chi connectivity index (χ0v) is 17.9. The second-order valence-corrected chi connectivity index (χ2v) is 10.5. The quantitative estimate of drug-likeness (QED) is 0.663. The van der Waals surface area contributed by atoms with E-state index in [2.05, 4.69) is 22.9 Å². The van der Waals surface area contributed by atoms with Crippen LogP contribution in [0.15, 0.2) is 45.7 Å². The van der Waals surface area contributed by atoms with Gasteiger partial charge in [-0.15, -0.1) is 0 Å². The molecule has 0 amide bonds. The summed E-state index contributed by atoms with van der Waals surface area (Å²) in [5.41, 5.74) is 7.54. The number of aliphatic imine (C=N–C) groups is 2. The Kier molecular flexibility index (Phi) is 5.67. The second-order valence-electron chi connectivity index (χ2n) is 8.19. The van der Waals surface area contributed by atoms with Gasteiger partial charge in [0, 0.05) is 19.0 Å². The third-order valence-corrected chi connectivity index (χ3v) is 6.13. The van der Waals surface area contributed by atoms with Crippen molar-refractivity contribution in [1.82, 2.24) is 4.90 Å². The van der Waals surface area contributed by atoms with Crippen LogP contribution in [-0.4, -0.2) is 67.7 Å². The molecule has 28 heavy (non-hydrogen) atoms. The molecular weight excluding hydrogens is 376 g/mol. The number of sulfone groups is 1. The largest absolute Gasteiger partial charge is 0.397 e. The zero-order valence-electron chi connectivity index (χ0n) is 17.1. The second kappa shape index (κ2) is 7.57. The van der Waals surface area contributed by atoms with Crippen molar-refractivity contribution in [2.45, 2.75) is 50.9 Å². The number of ether oxygens (including phenoxy) is 1. The van der Waals surface area contributed by atoms with Crippen LogP contribution < -0.4 is 5.73 Å². The lowest BCUT2D eigenvalue weighted by Gasteiger charge is -2.45. The summed E-state index contributed by atoms with van der Waals surface area (Å²) >= 11 is 0. The molecule has 0 fully saturated rings. The van der Waals surface area contributed by atoms with Crippen LogP contribution in [0.1, 0.15) is 33.6 Å². The van der Waals surface area contributed by atoms with Crippen molar-refractivity contribution in [2.24, 2.45) is 15.7 Å². The van der Waals surface area contributed by atoms with Gasteiger partial charge in [0.05, 0.1) is 35.1 Å². The van der Waals surface area contributed by atoms with Crippen LogP contribution in [0.2, 0.25) is 0 Å². The fourth-order valence-corrected chi connectivity index (χ4v) is 4.35. The fraction of sp³-hybridized carbons (Fsp3) is 0.600. The maximum absolute atomic E-state index is 11.4. The molecule has 0 saturated heterocycles. The van der Waals surface area contributed by atoms with E-state index < -0.39 is 21.0 Å². The SMILES string of the molecule is CCCC1N=C2C(N)=CC=C3N=CC=CC32N1CC(C)(C)OCCS(C)(=O)=O. The van der Waals surface area contributed by atoms with Crippen LogP contribution in [0.3, 0.4) is 0 Å². The van der Waals surface area contributed by atoms with Crippen LogP contribution in [0.5, 0.6) is 0 Å². The summed E-state index contributed by atoms with van der Waals surface area (Å²) in [6.07, 6.45) is 12.7. The highest BCUT2D eigenvalue weighted by Gasteiger charge is 2.54. The van der Waals surface area contributed by atoms with E-state index in [-0.39, 0.29) is 18.5 Å². The Bertz CT molecular complexity index is 883. The minimum Gasteiger partial charge on any atom is -0.397 e. The molecule has 2 atom stereocenters. The average molecular weight is 407 g/mol. The van der Waals surface area contributed by atoms with Gasteiger partial charge in [0.1, 0.15) is 21.5 Å². The molecule has 0 aromatic carbocycles. The number of nitrogens with zero attached hydrogens (tertiary/aromatic N) is 3. The number of allylic oxidation sites excluding steroid dienone is 3. The van der Waals surface area contributed by atoms with Crippen molar-refractivity contribution >= 4 is 21.8 Å². The van der Waals surface area contributed by atoms with E-state index in [0.29, 0.717) is 12.2 Å². The van der Waals surface area contributed by atoms with Gasteiger partial charge in [-0.2, -0.15) is 0 Å². The summed E-state index contributed by atoms with van der Waals surface area (Å²) in [6, 6.07) is 0. The fourth-order valence-electron chi connectivity index (χ4n) is 3.97. The molecule has 0 bridgehead atoms. The smallest absolute Gasteiger partial charge is 0.149 e. The molecule has 0 saturated carbocycles. The molecular formula is C20H30N4O3S. The highest BCUT2D eigenvalue weighted by Crippen LogP contribution is 2.43. The van der Waals surface area contributed by atoms with Gasteiger partial charge in [-0.05, 0) is 38.5 Å². The van der Waals surface area contributed by atoms with Gasteiger partial charge in [-0.25, -0.2) is 8.42 Å². The third-order valence-electron chi connectivity index (χ3n) is 5.22. The Morgan fingerprint density at radius 3 is 2.79 bits per heavy atom. The topological polar surface area (TPSA) is 97.3 Å². The predicted molar refractivity (Wildman–Crippen MR) is 113 cm³/mol. The van der Waals surface area contributed by atoms with Gasteiger partial charge >= 0.3 is 0 Å². The molecule has 3 rings (SSSR count). The maximum Gasteiger partial charge on any atom is 0.149 e. The summed E-state index contributed by atoms with van der Waals surface area (Å²) in [5.74, 6) is 0.00669. The summed E-state index contributed by atoms with van der Waals surface area (Å²) in [6.45, 7) is 6.83. The zero-order chi connectivity index (χ0) is 20.6. The molecule has 2 aliphatic heterocycles. The number of rotatable bonds is 8. The minimum atomic E-state index is -3.06. The van der Waals surface area contributed by atoms with Crippen molar-refractivity contribution < 1.29 is 13.2 Å². The number of hydrogen-bond donors (Lipinski definition) is 1. The Morgan fingerprint density at radius 1 is 1.36 bits per heavy atom. The predicted octanol–water partition coefficient (Wildman–Crippen LogP) is 1.83. The molecule has 3 aliphatic rings. The Labute approximate surface area is 167 Å². The molecule has 0 radical (unpaired) electrons. The van der Waals surface area contributed by atoms with Gasteiger partial charge in [-0.1, -0.05) is 19.4 Å². The molecule has 2 heterocycles. The third kappa shape index (κ3) is 3.99. The molecule has 7 nitrogen and oxygen atoms in total. The summed E-state index contributed by atoms with van der Waals surface area (Å²) in [7, 11) is -3.06. The molecule has 2 N–H and O–H groups in total. The van der Waals surface area contributed by atoms with E-state index in [1.807, 2.05) is 32.1 Å². The van der Waals surface area contributed by atoms with E-state index in [1.54, 1.807) is 6.21 Å². The lowest BCUT2D eigenvalue weighted by atomic mass is 9.81. The lowest BCUT2D eigenvalue weighted by molar-refractivity contribution is -0.0468. The summed E-state index contributed by atoms with van der Waals surface area (Å²) in [4.78, 5) is 11.9. The van der Waals surface area contributed by atoms with Gasteiger partial charge < -0.3 is 10.5 Å². The molecule has 2 unspecified atom stereocenters. The van der Waals surface area contributed by atoms with Crippen LogP contribution in [0.25, 0.3) is 0 Å². The van der Waals surface area contributed by atoms with E-state index >= 15 is 0 Å². The Hall–Kier alpha value is -1.77. The molecule has 0 aromatic rings. The standard InChI is InChI=1S/C20H30N4O3S/c1-5-7-17-23-18-15(21)8-9-16-20(18,10-6-11-22-16)24(17)14-19(2,3)27-12-13-28(4,25)26/h6,8-11,17H,5,7,12-14,21H2,1-4H3. The van der Waals surface area contributed by atoms with E-state index in [1.165, 1.54) is 6.26 Å². The van der Waals surface area contributed by atoms with Crippen molar-refractivity contribution in [2.75, 3.05) is 25.2 Å². The van der Waals surface area contributed by atoms with Gasteiger partial charge in [0.25, 0.3) is 0 Å². The van der Waals surface area contributed by atoms with Crippen LogP contribution in [-0.2, 0) is 14.6 Å². The Balaban J connectivity index is 1.90. The van der Waals surface area contributed by atoms with Gasteiger partial charge in [-0.3, -0.25) is 14.9 Å². The molecule has 154 valence electrons. The van der Waals surface area contributed by atoms with Crippen molar-refractivity contribution in [3.05, 3.63) is 35.7 Å². The van der Waals surface area contributed by atoms with E-state index in [9.17, 15) is 8.42 Å². The highest BCUT2D eigenvalue weighted by molar-refractivity contribution is 7.90. The first kappa shape index (κ1) is 21.0. The monoisotopic (exact) mass is 406 g/mol. The highest BCUT2D eigenvalue weighted by atomic mass is 32.2. The summed E-state index contributed by atoms with van der Waals surface area (Å²) < 4.78 is 28.9. The minimum absolute atomic E-state index is 0.00669. The van der Waals surface area contributed by atoms with Gasteiger partial charge in [0.15, 0.2) is 0 Å². The summed E-state index contributed by atoms with van der Waals surface area (Å²) in [5, 5.41) is 0. The number of hydrogen-bond acceptors (Lipinski definition) is 7. The van der Waals surface area contributed by atoms with Crippen LogP contribution in [0, 0.1) is 0 Å². The van der Waals surface area contributed by atoms with Crippen molar-refractivity contribution in [3.8, 4) is 0 Å². The maximum atomic E-state index is 11.4. The molecule has 0 aromatic heterocycles.